The number of allylic oxidation sites excluding steroid dienone is 1. The maximum atomic E-state index is 13.3. The van der Waals surface area contributed by atoms with E-state index in [2.05, 4.69) is 20.8 Å². The van der Waals surface area contributed by atoms with Gasteiger partial charge >= 0.3 is 5.97 Å². The number of tetrazole rings is 1. The minimum atomic E-state index is -0.839. The van der Waals surface area contributed by atoms with Gasteiger partial charge in [-0.3, -0.25) is 4.79 Å². The highest BCUT2D eigenvalue weighted by molar-refractivity contribution is 6.13. The second kappa shape index (κ2) is 6.99. The fourth-order valence-electron chi connectivity index (χ4n) is 3.11. The first kappa shape index (κ1) is 17.5. The number of methoxy groups -OCH3 is 2. The van der Waals surface area contributed by atoms with E-state index < -0.39 is 17.8 Å². The molecule has 0 fully saturated rings. The van der Waals surface area contributed by atoms with Crippen LogP contribution in [0.25, 0.3) is 0 Å². The van der Waals surface area contributed by atoms with Crippen LogP contribution in [0.1, 0.15) is 22.2 Å². The molecule has 3 heterocycles. The zero-order valence-electron chi connectivity index (χ0n) is 14.9. The quantitative estimate of drug-likeness (QED) is 0.519. The molecule has 28 heavy (non-hydrogen) atoms. The first-order valence-corrected chi connectivity index (χ1v) is 8.24. The normalized spacial score (nSPS) is 15.6. The van der Waals surface area contributed by atoms with E-state index in [1.165, 1.54) is 31.2 Å². The van der Waals surface area contributed by atoms with Crippen molar-refractivity contribution in [2.75, 3.05) is 19.5 Å². The summed E-state index contributed by atoms with van der Waals surface area (Å²) in [5, 5.41) is 14.3. The monoisotopic (exact) mass is 381 g/mol. The topological polar surface area (TPSA) is 121 Å². The summed E-state index contributed by atoms with van der Waals surface area (Å²) < 4.78 is 17.0. The number of carbonyl (C=O) groups is 2. The van der Waals surface area contributed by atoms with Crippen LogP contribution in [0.3, 0.4) is 0 Å². The van der Waals surface area contributed by atoms with Gasteiger partial charge in [0.05, 0.1) is 26.1 Å². The zero-order valence-corrected chi connectivity index (χ0v) is 14.9. The van der Waals surface area contributed by atoms with Crippen molar-refractivity contribution in [3.63, 3.8) is 0 Å². The maximum Gasteiger partial charge on any atom is 0.355 e. The number of benzene rings is 1. The number of rotatable bonds is 5. The van der Waals surface area contributed by atoms with Crippen LogP contribution >= 0.6 is 0 Å². The summed E-state index contributed by atoms with van der Waals surface area (Å²) in [6, 6.07) is 9.36. The number of carbonyl (C=O) groups excluding carboxylic acids is 2. The fourth-order valence-corrected chi connectivity index (χ4v) is 3.11. The molecule has 0 bridgehead atoms. The molecule has 0 aliphatic carbocycles. The highest BCUT2D eigenvalue weighted by Gasteiger charge is 2.40. The Morgan fingerprint density at radius 2 is 2.00 bits per heavy atom. The Kier molecular flexibility index (Phi) is 4.36. The third-order valence-electron chi connectivity index (χ3n) is 4.33. The molecule has 1 N–H and O–H groups in total. The molecule has 142 valence electrons. The van der Waals surface area contributed by atoms with E-state index in [1.54, 1.807) is 30.3 Å². The molecule has 1 atom stereocenters. The van der Waals surface area contributed by atoms with Crippen molar-refractivity contribution in [1.82, 2.24) is 20.2 Å². The van der Waals surface area contributed by atoms with Gasteiger partial charge in [0.25, 0.3) is 0 Å². The van der Waals surface area contributed by atoms with Gasteiger partial charge in [0.2, 0.25) is 11.7 Å². The van der Waals surface area contributed by atoms with Crippen LogP contribution < -0.4 is 10.1 Å². The third kappa shape index (κ3) is 2.71. The van der Waals surface area contributed by atoms with Gasteiger partial charge < -0.3 is 19.2 Å². The van der Waals surface area contributed by atoms with Crippen molar-refractivity contribution >= 4 is 17.7 Å². The van der Waals surface area contributed by atoms with Crippen molar-refractivity contribution in [3.8, 4) is 5.75 Å². The van der Waals surface area contributed by atoms with E-state index in [9.17, 15) is 9.59 Å². The van der Waals surface area contributed by atoms with Crippen LogP contribution in [0.15, 0.2) is 58.3 Å². The molecule has 0 saturated heterocycles. The fraction of sp³-hybridized carbons (Fsp3) is 0.167. The number of para-hydroxylation sites is 1. The highest BCUT2D eigenvalue weighted by atomic mass is 16.5. The zero-order chi connectivity index (χ0) is 19.7. The number of anilines is 1. The molecule has 0 amide bonds. The van der Waals surface area contributed by atoms with E-state index in [0.717, 1.165) is 0 Å². The van der Waals surface area contributed by atoms with Crippen LogP contribution in [0.2, 0.25) is 0 Å². The third-order valence-corrected chi connectivity index (χ3v) is 4.33. The van der Waals surface area contributed by atoms with E-state index in [1.807, 2.05) is 0 Å². The van der Waals surface area contributed by atoms with Crippen LogP contribution in [0.4, 0.5) is 5.95 Å². The molecular formula is C18H15N5O5. The average molecular weight is 381 g/mol. The molecule has 0 saturated carbocycles. The number of ketones is 1. The predicted octanol–water partition coefficient (Wildman–Crippen LogP) is 1.60. The van der Waals surface area contributed by atoms with Crippen molar-refractivity contribution in [3.05, 3.63) is 65.3 Å². The van der Waals surface area contributed by atoms with Gasteiger partial charge in [0.15, 0.2) is 5.76 Å². The Bertz CT molecular complexity index is 1070. The number of fused-ring (bicyclic) bond motifs is 1. The predicted molar refractivity (Wildman–Crippen MR) is 94.7 cm³/mol. The largest absolute Gasteiger partial charge is 0.496 e. The number of nitrogens with zero attached hydrogens (tertiary/aromatic N) is 4. The van der Waals surface area contributed by atoms with Gasteiger partial charge in [0.1, 0.15) is 17.5 Å². The van der Waals surface area contributed by atoms with Gasteiger partial charge in [-0.1, -0.05) is 23.3 Å². The second-order valence-corrected chi connectivity index (χ2v) is 5.80. The standard InChI is InChI=1S/C18H15N5O5/c1-26-11-7-4-3-6-10(11)15-13(16(24)12-8-5-9-28-12)14(17(25)27-2)19-18-20-21-22-23(15)18/h3-9,15H,1-2H3,(H,19,20,22)/t15-/m0/s1. The highest BCUT2D eigenvalue weighted by Crippen LogP contribution is 2.40. The number of esters is 1. The van der Waals surface area contributed by atoms with Crippen LogP contribution in [0, 0.1) is 0 Å². The molecule has 0 radical (unpaired) electrons. The van der Waals surface area contributed by atoms with Crippen molar-refractivity contribution < 1.29 is 23.5 Å². The lowest BCUT2D eigenvalue weighted by molar-refractivity contribution is -0.136. The van der Waals surface area contributed by atoms with Gasteiger partial charge in [-0.15, -0.1) is 0 Å². The van der Waals surface area contributed by atoms with Crippen LogP contribution in [-0.4, -0.2) is 46.2 Å². The van der Waals surface area contributed by atoms with Crippen LogP contribution in [0.5, 0.6) is 5.75 Å². The van der Waals surface area contributed by atoms with E-state index in [-0.39, 0.29) is 23.0 Å². The smallest absolute Gasteiger partial charge is 0.355 e. The Morgan fingerprint density at radius 1 is 1.18 bits per heavy atom. The molecule has 10 heteroatoms. The van der Waals surface area contributed by atoms with Gasteiger partial charge in [-0.05, 0) is 28.6 Å². The Morgan fingerprint density at radius 3 is 2.71 bits per heavy atom. The van der Waals surface area contributed by atoms with E-state index in [0.29, 0.717) is 11.3 Å². The lowest BCUT2D eigenvalue weighted by Crippen LogP contribution is -2.33. The molecule has 2 aromatic heterocycles. The second-order valence-electron chi connectivity index (χ2n) is 5.80. The van der Waals surface area contributed by atoms with Crippen molar-refractivity contribution in [2.24, 2.45) is 0 Å². The number of ether oxygens (including phenoxy) is 2. The molecule has 10 nitrogen and oxygen atoms in total. The lowest BCUT2D eigenvalue weighted by Gasteiger charge is -2.28. The van der Waals surface area contributed by atoms with Crippen molar-refractivity contribution in [1.29, 1.82) is 0 Å². The number of hydrogen-bond acceptors (Lipinski definition) is 9. The number of aromatic nitrogens is 4. The summed E-state index contributed by atoms with van der Waals surface area (Å²) in [7, 11) is 2.74. The van der Waals surface area contributed by atoms with Crippen molar-refractivity contribution in [2.45, 2.75) is 6.04 Å². The van der Waals surface area contributed by atoms with Gasteiger partial charge in [-0.25, -0.2) is 4.79 Å². The van der Waals surface area contributed by atoms with E-state index in [4.69, 9.17) is 13.9 Å². The van der Waals surface area contributed by atoms with Gasteiger partial charge in [0, 0.05) is 5.56 Å². The number of furan rings is 1. The first-order valence-electron chi connectivity index (χ1n) is 8.24. The Hall–Kier alpha value is -3.95. The Labute approximate surface area is 158 Å². The number of hydrogen-bond donors (Lipinski definition) is 1. The molecule has 0 spiro atoms. The molecule has 1 aliphatic heterocycles. The summed E-state index contributed by atoms with van der Waals surface area (Å²) in [6.45, 7) is 0. The maximum absolute atomic E-state index is 13.3. The minimum absolute atomic E-state index is 0.0645. The van der Waals surface area contributed by atoms with E-state index >= 15 is 0 Å². The molecule has 1 aromatic carbocycles. The summed E-state index contributed by atoms with van der Waals surface area (Å²) in [6.07, 6.45) is 1.38. The number of Topliss-reactive ketones (excluding diaryl/α,β-unsaturated/α-hetero) is 1. The molecular weight excluding hydrogens is 366 g/mol. The average Bonchev–Trinajstić information content (AvgIpc) is 3.43. The SMILES string of the molecule is COC(=O)C1=C(C(=O)c2ccco2)[C@H](c2ccccc2OC)n2nnnc2N1. The van der Waals surface area contributed by atoms with Crippen LogP contribution in [-0.2, 0) is 9.53 Å². The summed E-state index contributed by atoms with van der Waals surface area (Å²) in [4.78, 5) is 25.8. The summed E-state index contributed by atoms with van der Waals surface area (Å²) in [5.74, 6) is -0.481. The molecule has 0 unspecified atom stereocenters. The number of nitrogens with one attached hydrogen (secondary N) is 1. The Balaban J connectivity index is 1.99. The summed E-state index contributed by atoms with van der Waals surface area (Å²) in [5.41, 5.74) is 0.601. The molecule has 4 rings (SSSR count). The van der Waals surface area contributed by atoms with Gasteiger partial charge in [-0.2, -0.15) is 4.68 Å². The summed E-state index contributed by atoms with van der Waals surface area (Å²) >= 11 is 0. The molecule has 1 aliphatic rings. The first-order chi connectivity index (χ1) is 13.7. The molecule has 3 aromatic rings. The minimum Gasteiger partial charge on any atom is -0.496 e. The lowest BCUT2D eigenvalue weighted by atomic mass is 9.90.